The Bertz CT molecular complexity index is 1030. The van der Waals surface area contributed by atoms with Gasteiger partial charge in [-0.25, -0.2) is 5.01 Å². The maximum absolute atomic E-state index is 13.1. The van der Waals surface area contributed by atoms with Crippen molar-refractivity contribution < 1.29 is 19.0 Å². The molecule has 2 aromatic heterocycles. The summed E-state index contributed by atoms with van der Waals surface area (Å²) >= 11 is 3.03. The van der Waals surface area contributed by atoms with Crippen LogP contribution in [0.1, 0.15) is 32.6 Å². The summed E-state index contributed by atoms with van der Waals surface area (Å²) in [5, 5.41) is 10.2. The van der Waals surface area contributed by atoms with E-state index in [0.717, 1.165) is 16.2 Å². The number of rotatable bonds is 6. The number of hydrogen-bond acceptors (Lipinski definition) is 7. The van der Waals surface area contributed by atoms with Gasteiger partial charge in [0.15, 0.2) is 11.5 Å². The SMILES string of the molecule is COc1ccc(C2=NN(C(=O)c3cccs3)[C@@H](c3cccs3)C2)c(OC)c1OC. The molecule has 0 bridgehead atoms. The summed E-state index contributed by atoms with van der Waals surface area (Å²) in [6.45, 7) is 0. The molecular weight excluding hydrogens is 408 g/mol. The quantitative estimate of drug-likeness (QED) is 0.564. The van der Waals surface area contributed by atoms with E-state index >= 15 is 0 Å². The third-order valence-electron chi connectivity index (χ3n) is 4.74. The number of hydrogen-bond donors (Lipinski definition) is 0. The van der Waals surface area contributed by atoms with Crippen molar-refractivity contribution in [2.75, 3.05) is 21.3 Å². The van der Waals surface area contributed by atoms with Crippen LogP contribution in [0.2, 0.25) is 0 Å². The lowest BCUT2D eigenvalue weighted by molar-refractivity contribution is 0.0719. The smallest absolute Gasteiger partial charge is 0.284 e. The topological polar surface area (TPSA) is 60.4 Å². The molecule has 1 amide bonds. The van der Waals surface area contributed by atoms with Crippen LogP contribution in [0.25, 0.3) is 0 Å². The Balaban J connectivity index is 1.78. The summed E-state index contributed by atoms with van der Waals surface area (Å²) in [6, 6.07) is 11.3. The Morgan fingerprint density at radius 1 is 1.00 bits per heavy atom. The number of ether oxygens (including phenoxy) is 3. The first kappa shape index (κ1) is 19.5. The molecular formula is C21H20N2O4S2. The van der Waals surface area contributed by atoms with Crippen LogP contribution >= 0.6 is 22.7 Å². The molecule has 1 atom stereocenters. The van der Waals surface area contributed by atoms with Gasteiger partial charge in [0.2, 0.25) is 5.75 Å². The third-order valence-corrected chi connectivity index (χ3v) is 6.57. The average Bonchev–Trinajstić information content (AvgIpc) is 3.52. The van der Waals surface area contributed by atoms with Crippen molar-refractivity contribution in [1.29, 1.82) is 0 Å². The summed E-state index contributed by atoms with van der Waals surface area (Å²) in [6.07, 6.45) is 0.587. The van der Waals surface area contributed by atoms with Crippen LogP contribution in [0.15, 0.2) is 52.3 Å². The van der Waals surface area contributed by atoms with E-state index in [4.69, 9.17) is 19.3 Å². The number of benzene rings is 1. The van der Waals surface area contributed by atoms with Crippen LogP contribution in [-0.4, -0.2) is 38.0 Å². The zero-order chi connectivity index (χ0) is 20.4. The molecule has 1 aliphatic rings. The van der Waals surface area contributed by atoms with Crippen molar-refractivity contribution in [2.45, 2.75) is 12.5 Å². The van der Waals surface area contributed by atoms with Gasteiger partial charge in [0, 0.05) is 16.9 Å². The molecule has 1 aliphatic heterocycles. The highest BCUT2D eigenvalue weighted by Crippen LogP contribution is 2.43. The first-order valence-corrected chi connectivity index (χ1v) is 10.7. The fourth-order valence-electron chi connectivity index (χ4n) is 3.40. The molecule has 0 saturated heterocycles. The summed E-state index contributed by atoms with van der Waals surface area (Å²) in [4.78, 5) is 14.9. The molecule has 0 spiro atoms. The fraction of sp³-hybridized carbons (Fsp3) is 0.238. The molecule has 8 heteroatoms. The minimum atomic E-state index is -0.155. The van der Waals surface area contributed by atoms with Crippen molar-refractivity contribution in [2.24, 2.45) is 5.10 Å². The van der Waals surface area contributed by atoms with Crippen molar-refractivity contribution in [3.63, 3.8) is 0 Å². The number of carbonyl (C=O) groups excluding carboxylic acids is 1. The molecule has 6 nitrogen and oxygen atoms in total. The lowest BCUT2D eigenvalue weighted by Crippen LogP contribution is -2.25. The number of amides is 1. The van der Waals surface area contributed by atoms with Gasteiger partial charge >= 0.3 is 0 Å². The predicted octanol–water partition coefficient (Wildman–Crippen LogP) is 4.83. The lowest BCUT2D eigenvalue weighted by atomic mass is 10.0. The van der Waals surface area contributed by atoms with Gasteiger partial charge in [0.25, 0.3) is 5.91 Å². The number of hydrazone groups is 1. The van der Waals surface area contributed by atoms with Crippen LogP contribution in [0.5, 0.6) is 17.2 Å². The summed E-state index contributed by atoms with van der Waals surface area (Å²) in [7, 11) is 4.74. The molecule has 150 valence electrons. The number of nitrogens with zero attached hydrogens (tertiary/aromatic N) is 2. The normalized spacial score (nSPS) is 15.9. The van der Waals surface area contributed by atoms with Crippen molar-refractivity contribution in [3.05, 3.63) is 62.5 Å². The van der Waals surface area contributed by atoms with Gasteiger partial charge in [-0.05, 0) is 35.0 Å². The van der Waals surface area contributed by atoms with Gasteiger partial charge < -0.3 is 14.2 Å². The average molecular weight is 429 g/mol. The minimum Gasteiger partial charge on any atom is -0.493 e. The predicted molar refractivity (Wildman–Crippen MR) is 115 cm³/mol. The standard InChI is InChI=1S/C21H20N2O4S2/c1-25-16-9-8-13(19(26-2)20(16)27-3)14-12-15(17-6-4-10-28-17)23(22-14)21(24)18-7-5-11-29-18/h4-11,15H,12H2,1-3H3/t15-/m1/s1. The zero-order valence-corrected chi connectivity index (χ0v) is 17.9. The highest BCUT2D eigenvalue weighted by atomic mass is 32.1. The van der Waals surface area contributed by atoms with Gasteiger partial charge in [-0.1, -0.05) is 12.1 Å². The van der Waals surface area contributed by atoms with Gasteiger partial charge in [-0.2, -0.15) is 5.10 Å². The number of carbonyl (C=O) groups is 1. The molecule has 0 N–H and O–H groups in total. The molecule has 0 radical (unpaired) electrons. The highest BCUT2D eigenvalue weighted by molar-refractivity contribution is 7.12. The molecule has 0 fully saturated rings. The van der Waals surface area contributed by atoms with Crippen molar-refractivity contribution in [1.82, 2.24) is 5.01 Å². The first-order valence-electron chi connectivity index (χ1n) is 8.95. The van der Waals surface area contributed by atoms with E-state index in [1.807, 2.05) is 47.2 Å². The first-order chi connectivity index (χ1) is 14.2. The van der Waals surface area contributed by atoms with E-state index in [1.165, 1.54) is 11.3 Å². The van der Waals surface area contributed by atoms with Gasteiger partial charge in [-0.15, -0.1) is 22.7 Å². The van der Waals surface area contributed by atoms with Gasteiger partial charge in [0.1, 0.15) is 0 Å². The maximum atomic E-state index is 13.1. The van der Waals surface area contributed by atoms with E-state index in [0.29, 0.717) is 28.5 Å². The zero-order valence-electron chi connectivity index (χ0n) is 16.2. The maximum Gasteiger partial charge on any atom is 0.284 e. The van der Waals surface area contributed by atoms with Crippen LogP contribution in [0.4, 0.5) is 0 Å². The van der Waals surface area contributed by atoms with E-state index in [9.17, 15) is 4.79 Å². The number of methoxy groups -OCH3 is 3. The molecule has 3 aromatic rings. The van der Waals surface area contributed by atoms with Crippen LogP contribution < -0.4 is 14.2 Å². The minimum absolute atomic E-state index is 0.104. The highest BCUT2D eigenvalue weighted by Gasteiger charge is 2.36. The second-order valence-electron chi connectivity index (χ2n) is 6.29. The fourth-order valence-corrected chi connectivity index (χ4v) is 4.87. The Morgan fingerprint density at radius 3 is 2.38 bits per heavy atom. The number of thiophene rings is 2. The second kappa shape index (κ2) is 8.26. The van der Waals surface area contributed by atoms with E-state index in [-0.39, 0.29) is 11.9 Å². The summed E-state index contributed by atoms with van der Waals surface area (Å²) in [5.41, 5.74) is 1.55. The summed E-state index contributed by atoms with van der Waals surface area (Å²) < 4.78 is 16.5. The van der Waals surface area contributed by atoms with E-state index < -0.39 is 0 Å². The molecule has 4 rings (SSSR count). The molecule has 1 aromatic carbocycles. The Kier molecular flexibility index (Phi) is 5.55. The molecule has 29 heavy (non-hydrogen) atoms. The van der Waals surface area contributed by atoms with Gasteiger partial charge in [-0.3, -0.25) is 4.79 Å². The molecule has 0 saturated carbocycles. The molecule has 0 unspecified atom stereocenters. The Labute approximate surface area is 177 Å². The van der Waals surface area contributed by atoms with Crippen LogP contribution in [0.3, 0.4) is 0 Å². The van der Waals surface area contributed by atoms with Gasteiger partial charge in [0.05, 0.1) is 38.0 Å². The second-order valence-corrected chi connectivity index (χ2v) is 8.22. The third kappa shape index (κ3) is 3.49. The molecule has 0 aliphatic carbocycles. The van der Waals surface area contributed by atoms with E-state index in [2.05, 4.69) is 0 Å². The van der Waals surface area contributed by atoms with Crippen LogP contribution in [-0.2, 0) is 0 Å². The van der Waals surface area contributed by atoms with Crippen molar-refractivity contribution >= 4 is 34.3 Å². The van der Waals surface area contributed by atoms with E-state index in [1.54, 1.807) is 37.7 Å². The lowest BCUT2D eigenvalue weighted by Gasteiger charge is -2.19. The largest absolute Gasteiger partial charge is 0.493 e. The summed E-state index contributed by atoms with van der Waals surface area (Å²) in [5.74, 6) is 1.52. The van der Waals surface area contributed by atoms with Crippen molar-refractivity contribution in [3.8, 4) is 17.2 Å². The molecule has 3 heterocycles. The Morgan fingerprint density at radius 2 is 1.76 bits per heavy atom. The Hall–Kier alpha value is -2.84. The van der Waals surface area contributed by atoms with Crippen LogP contribution in [0, 0.1) is 0 Å². The monoisotopic (exact) mass is 428 g/mol.